The third-order valence-corrected chi connectivity index (χ3v) is 3.37. The first-order valence-corrected chi connectivity index (χ1v) is 5.79. The zero-order valence-corrected chi connectivity index (χ0v) is 10.1. The molecule has 1 saturated heterocycles. The molecule has 80 valence electrons. The highest BCUT2D eigenvalue weighted by Gasteiger charge is 2.30. The predicted octanol–water partition coefficient (Wildman–Crippen LogP) is 2.98. The number of hydrogen-bond acceptors (Lipinski definition) is 1. The van der Waals surface area contributed by atoms with Crippen molar-refractivity contribution >= 4 is 39.1 Å². The van der Waals surface area contributed by atoms with Crippen LogP contribution in [0.3, 0.4) is 0 Å². The minimum atomic E-state index is -0.427. The van der Waals surface area contributed by atoms with E-state index in [1.54, 1.807) is 6.07 Å². The number of benzene rings is 1. The molecule has 1 fully saturated rings. The normalized spacial score (nSPS) is 21.1. The van der Waals surface area contributed by atoms with Gasteiger partial charge in [-0.2, -0.15) is 0 Å². The van der Waals surface area contributed by atoms with Crippen LogP contribution in [0.25, 0.3) is 0 Å². The SMILES string of the molecule is O=C1C(Br)CCN1c1cc(F)cc(Cl)c1. The van der Waals surface area contributed by atoms with Crippen LogP contribution in [0.4, 0.5) is 10.1 Å². The summed E-state index contributed by atoms with van der Waals surface area (Å²) in [6, 6.07) is 4.12. The van der Waals surface area contributed by atoms with Gasteiger partial charge >= 0.3 is 0 Å². The second-order valence-corrected chi connectivity index (χ2v) is 4.92. The Morgan fingerprint density at radius 1 is 1.47 bits per heavy atom. The molecule has 2 nitrogen and oxygen atoms in total. The lowest BCUT2D eigenvalue weighted by Crippen LogP contribution is -2.27. The van der Waals surface area contributed by atoms with Crippen LogP contribution >= 0.6 is 27.5 Å². The molecule has 0 saturated carbocycles. The number of rotatable bonds is 1. The number of halogens is 3. The molecule has 15 heavy (non-hydrogen) atoms. The van der Waals surface area contributed by atoms with E-state index in [0.29, 0.717) is 17.3 Å². The Morgan fingerprint density at radius 2 is 2.20 bits per heavy atom. The maximum atomic E-state index is 13.1. The van der Waals surface area contributed by atoms with Crippen LogP contribution in [0.1, 0.15) is 6.42 Å². The Labute approximate surface area is 100 Å². The van der Waals surface area contributed by atoms with Crippen molar-refractivity contribution < 1.29 is 9.18 Å². The lowest BCUT2D eigenvalue weighted by atomic mass is 10.3. The van der Waals surface area contributed by atoms with Crippen LogP contribution in [0.5, 0.6) is 0 Å². The van der Waals surface area contributed by atoms with Crippen LogP contribution in [0.2, 0.25) is 5.02 Å². The lowest BCUT2D eigenvalue weighted by Gasteiger charge is -2.16. The Morgan fingerprint density at radius 3 is 2.73 bits per heavy atom. The van der Waals surface area contributed by atoms with Crippen molar-refractivity contribution in [3.05, 3.63) is 29.0 Å². The van der Waals surface area contributed by atoms with Gasteiger partial charge in [0.25, 0.3) is 0 Å². The summed E-state index contributed by atoms with van der Waals surface area (Å²) >= 11 is 8.98. The van der Waals surface area contributed by atoms with E-state index in [9.17, 15) is 9.18 Å². The number of hydrogen-bond donors (Lipinski definition) is 0. The highest BCUT2D eigenvalue weighted by molar-refractivity contribution is 9.10. The van der Waals surface area contributed by atoms with Gasteiger partial charge in [-0.25, -0.2) is 4.39 Å². The molecule has 1 aliphatic rings. The number of alkyl halides is 1. The van der Waals surface area contributed by atoms with Gasteiger partial charge in [0.1, 0.15) is 5.82 Å². The van der Waals surface area contributed by atoms with Gasteiger partial charge in [-0.15, -0.1) is 0 Å². The van der Waals surface area contributed by atoms with Crippen molar-refractivity contribution in [1.29, 1.82) is 0 Å². The molecule has 1 aliphatic heterocycles. The molecule has 1 unspecified atom stereocenters. The van der Waals surface area contributed by atoms with E-state index in [1.165, 1.54) is 17.0 Å². The molecule has 0 N–H and O–H groups in total. The average Bonchev–Trinajstić information content (AvgIpc) is 2.46. The van der Waals surface area contributed by atoms with Gasteiger partial charge < -0.3 is 4.90 Å². The molecule has 1 aromatic rings. The average molecular weight is 293 g/mol. The second kappa shape index (κ2) is 4.10. The van der Waals surface area contributed by atoms with Crippen LogP contribution in [-0.4, -0.2) is 17.3 Å². The maximum absolute atomic E-state index is 13.1. The zero-order chi connectivity index (χ0) is 11.0. The third-order valence-electron chi connectivity index (χ3n) is 2.30. The highest BCUT2D eigenvalue weighted by atomic mass is 79.9. The minimum Gasteiger partial charge on any atom is -0.311 e. The van der Waals surface area contributed by atoms with Gasteiger partial charge in [0, 0.05) is 17.3 Å². The Kier molecular flexibility index (Phi) is 2.98. The van der Waals surface area contributed by atoms with Crippen LogP contribution in [0, 0.1) is 5.82 Å². The fourth-order valence-corrected chi connectivity index (χ4v) is 2.26. The predicted molar refractivity (Wildman–Crippen MR) is 61.1 cm³/mol. The molecule has 1 amide bonds. The van der Waals surface area contributed by atoms with Crippen LogP contribution < -0.4 is 4.90 Å². The fourth-order valence-electron chi connectivity index (χ4n) is 1.60. The van der Waals surface area contributed by atoms with E-state index in [0.717, 1.165) is 6.42 Å². The first-order valence-electron chi connectivity index (χ1n) is 4.49. The maximum Gasteiger partial charge on any atom is 0.240 e. The molecule has 0 bridgehead atoms. The molecule has 1 heterocycles. The summed E-state index contributed by atoms with van der Waals surface area (Å²) in [7, 11) is 0. The van der Waals surface area contributed by atoms with Crippen molar-refractivity contribution in [2.75, 3.05) is 11.4 Å². The van der Waals surface area contributed by atoms with Crippen molar-refractivity contribution in [2.24, 2.45) is 0 Å². The van der Waals surface area contributed by atoms with Crippen LogP contribution in [-0.2, 0) is 4.79 Å². The molecule has 1 atom stereocenters. The summed E-state index contributed by atoms with van der Waals surface area (Å²) in [6.07, 6.45) is 0.729. The first-order chi connectivity index (χ1) is 7.08. The standard InChI is InChI=1S/C10H8BrClFNO/c11-9-1-2-14(10(9)15)8-4-6(12)3-7(13)5-8/h3-5,9H,1-2H2. The monoisotopic (exact) mass is 291 g/mol. The number of anilines is 1. The quantitative estimate of drug-likeness (QED) is 0.729. The summed E-state index contributed by atoms with van der Waals surface area (Å²) in [6.45, 7) is 0.592. The molecule has 5 heteroatoms. The fraction of sp³-hybridized carbons (Fsp3) is 0.300. The molecule has 0 aromatic heterocycles. The Bertz CT molecular complexity index is 392. The van der Waals surface area contributed by atoms with Gasteiger partial charge in [-0.1, -0.05) is 27.5 Å². The number of nitrogens with zero attached hydrogens (tertiary/aromatic N) is 1. The van der Waals surface area contributed by atoms with Gasteiger partial charge in [0.05, 0.1) is 4.83 Å². The van der Waals surface area contributed by atoms with Gasteiger partial charge in [0.15, 0.2) is 0 Å². The molecule has 0 radical (unpaired) electrons. The minimum absolute atomic E-state index is 0.0448. The van der Waals surface area contributed by atoms with E-state index >= 15 is 0 Å². The van der Waals surface area contributed by atoms with E-state index < -0.39 is 5.82 Å². The van der Waals surface area contributed by atoms with Crippen molar-refractivity contribution in [3.63, 3.8) is 0 Å². The molecular formula is C10H8BrClFNO. The molecule has 0 spiro atoms. The first kappa shape index (κ1) is 10.9. The second-order valence-electron chi connectivity index (χ2n) is 3.37. The Hall–Kier alpha value is -0.610. The molecule has 0 aliphatic carbocycles. The van der Waals surface area contributed by atoms with Gasteiger partial charge in [-0.05, 0) is 24.6 Å². The summed E-state index contributed by atoms with van der Waals surface area (Å²) in [5.74, 6) is -0.472. The zero-order valence-electron chi connectivity index (χ0n) is 7.71. The van der Waals surface area contributed by atoms with Crippen molar-refractivity contribution in [2.45, 2.75) is 11.2 Å². The Balaban J connectivity index is 2.34. The van der Waals surface area contributed by atoms with Crippen molar-refractivity contribution in [3.8, 4) is 0 Å². The molecule has 1 aromatic carbocycles. The van der Waals surface area contributed by atoms with Gasteiger partial charge in [-0.3, -0.25) is 4.79 Å². The lowest BCUT2D eigenvalue weighted by molar-refractivity contribution is -0.116. The van der Waals surface area contributed by atoms with E-state index in [1.807, 2.05) is 0 Å². The highest BCUT2D eigenvalue weighted by Crippen LogP contribution is 2.28. The topological polar surface area (TPSA) is 20.3 Å². The summed E-state index contributed by atoms with van der Waals surface area (Å²) in [4.78, 5) is 13.0. The summed E-state index contributed by atoms with van der Waals surface area (Å²) in [5, 5.41) is 0.302. The number of carbonyl (C=O) groups is 1. The van der Waals surface area contributed by atoms with E-state index in [-0.39, 0.29) is 10.7 Å². The molecular weight excluding hydrogens is 284 g/mol. The number of carbonyl (C=O) groups excluding carboxylic acids is 1. The van der Waals surface area contributed by atoms with E-state index in [2.05, 4.69) is 15.9 Å². The summed E-state index contributed by atoms with van der Waals surface area (Å²) in [5.41, 5.74) is 0.520. The molecule has 2 rings (SSSR count). The third kappa shape index (κ3) is 2.16. The van der Waals surface area contributed by atoms with E-state index in [4.69, 9.17) is 11.6 Å². The largest absolute Gasteiger partial charge is 0.311 e. The smallest absolute Gasteiger partial charge is 0.240 e. The van der Waals surface area contributed by atoms with Crippen LogP contribution in [0.15, 0.2) is 18.2 Å². The number of amides is 1. The van der Waals surface area contributed by atoms with Crippen molar-refractivity contribution in [1.82, 2.24) is 0 Å². The van der Waals surface area contributed by atoms with Gasteiger partial charge in [0.2, 0.25) is 5.91 Å². The summed E-state index contributed by atoms with van der Waals surface area (Å²) < 4.78 is 13.1.